The van der Waals surface area contributed by atoms with Crippen LogP contribution in [0.25, 0.3) is 89.2 Å². The van der Waals surface area contributed by atoms with Crippen molar-refractivity contribution in [2.24, 2.45) is 0 Å². The number of hydrogen-bond acceptors (Lipinski definition) is 4. The zero-order valence-corrected chi connectivity index (χ0v) is 27.8. The molecule has 7 aromatic carbocycles. The highest BCUT2D eigenvalue weighted by Gasteiger charge is 2.19. The number of benzene rings is 7. The second-order valence-corrected chi connectivity index (χ2v) is 12.8. The van der Waals surface area contributed by atoms with Gasteiger partial charge in [-0.05, 0) is 60.7 Å². The van der Waals surface area contributed by atoms with Crippen LogP contribution in [0, 0.1) is 11.3 Å². The summed E-state index contributed by atoms with van der Waals surface area (Å²) in [5.41, 5.74) is 9.90. The fourth-order valence-electron chi connectivity index (χ4n) is 7.39. The molecule has 0 spiro atoms. The van der Waals surface area contributed by atoms with Gasteiger partial charge in [0.1, 0.15) is 0 Å². The smallest absolute Gasteiger partial charge is 0.164 e. The first kappa shape index (κ1) is 29.5. The largest absolute Gasteiger partial charge is 0.309 e. The molecule has 0 fully saturated rings. The van der Waals surface area contributed by atoms with Gasteiger partial charge in [-0.2, -0.15) is 5.26 Å². The van der Waals surface area contributed by atoms with Crippen molar-refractivity contribution in [1.29, 1.82) is 5.26 Å². The first-order valence-electron chi connectivity index (χ1n) is 17.2. The Hall–Kier alpha value is -7.36. The lowest BCUT2D eigenvalue weighted by atomic mass is 10.1. The minimum atomic E-state index is 0.614. The Morgan fingerprint density at radius 1 is 0.365 bits per heavy atom. The molecule has 0 amide bonds. The van der Waals surface area contributed by atoms with Crippen LogP contribution in [-0.4, -0.2) is 24.1 Å². The van der Waals surface area contributed by atoms with Crippen molar-refractivity contribution in [1.82, 2.24) is 24.1 Å². The van der Waals surface area contributed by atoms with Gasteiger partial charge in [0.05, 0.1) is 33.7 Å². The number of nitriles is 1. The molecule has 0 radical (unpaired) electrons. The molecule has 10 aromatic rings. The van der Waals surface area contributed by atoms with Gasteiger partial charge < -0.3 is 9.13 Å². The van der Waals surface area contributed by atoms with Crippen LogP contribution < -0.4 is 0 Å². The molecule has 0 saturated carbocycles. The third-order valence-corrected chi connectivity index (χ3v) is 9.78. The van der Waals surface area contributed by atoms with Crippen LogP contribution in [0.15, 0.2) is 170 Å². The maximum absolute atomic E-state index is 9.45. The van der Waals surface area contributed by atoms with E-state index in [1.165, 1.54) is 10.8 Å². The molecule has 0 aliphatic heterocycles. The van der Waals surface area contributed by atoms with Gasteiger partial charge in [0.2, 0.25) is 0 Å². The van der Waals surface area contributed by atoms with Gasteiger partial charge in [0.25, 0.3) is 0 Å². The SMILES string of the molecule is N#Cc1ccc(-n2c3ccccc3c3cc4c(cc32)c2ccccc2n4-c2cccc(-c3nc(-c4ccccc4)nc(-c4ccccc4)n3)c2)cc1. The Kier molecular flexibility index (Phi) is 6.76. The topological polar surface area (TPSA) is 72.3 Å². The number of aromatic nitrogens is 5. The number of rotatable bonds is 5. The lowest BCUT2D eigenvalue weighted by molar-refractivity contribution is 1.07. The fourth-order valence-corrected chi connectivity index (χ4v) is 7.39. The molecule has 0 atom stereocenters. The summed E-state index contributed by atoms with van der Waals surface area (Å²) in [5, 5.41) is 14.1. The second kappa shape index (κ2) is 11.9. The Morgan fingerprint density at radius 2 is 0.827 bits per heavy atom. The number of hydrogen-bond donors (Lipinski definition) is 0. The first-order chi connectivity index (χ1) is 25.7. The Morgan fingerprint density at radius 3 is 1.37 bits per heavy atom. The molecule has 6 heteroatoms. The molecule has 10 rings (SSSR count). The number of nitrogens with zero attached hydrogens (tertiary/aromatic N) is 6. The van der Waals surface area contributed by atoms with Crippen molar-refractivity contribution in [2.45, 2.75) is 0 Å². The van der Waals surface area contributed by atoms with Gasteiger partial charge in [-0.1, -0.05) is 109 Å². The third kappa shape index (κ3) is 4.76. The van der Waals surface area contributed by atoms with Crippen LogP contribution in [0.4, 0.5) is 0 Å². The molecule has 242 valence electrons. The minimum Gasteiger partial charge on any atom is -0.309 e. The predicted molar refractivity (Wildman–Crippen MR) is 210 cm³/mol. The molecular weight excluding hydrogens is 637 g/mol. The van der Waals surface area contributed by atoms with Gasteiger partial charge in [-0.3, -0.25) is 0 Å². The lowest BCUT2D eigenvalue weighted by Crippen LogP contribution is -2.01. The summed E-state index contributed by atoms with van der Waals surface area (Å²) in [5.74, 6) is 1.88. The molecule has 0 saturated heterocycles. The molecule has 0 aliphatic carbocycles. The monoisotopic (exact) mass is 664 g/mol. The van der Waals surface area contributed by atoms with Crippen LogP contribution in [0.3, 0.4) is 0 Å². The minimum absolute atomic E-state index is 0.614. The average Bonchev–Trinajstić information content (AvgIpc) is 3.72. The van der Waals surface area contributed by atoms with Gasteiger partial charge in [0.15, 0.2) is 17.5 Å². The maximum atomic E-state index is 9.45. The van der Waals surface area contributed by atoms with Crippen molar-refractivity contribution >= 4 is 43.6 Å². The Bertz CT molecular complexity index is 2950. The molecule has 0 N–H and O–H groups in total. The molecular formula is C46H28N6. The van der Waals surface area contributed by atoms with Crippen LogP contribution >= 0.6 is 0 Å². The van der Waals surface area contributed by atoms with E-state index >= 15 is 0 Å². The van der Waals surface area contributed by atoms with Crippen molar-refractivity contribution < 1.29 is 0 Å². The van der Waals surface area contributed by atoms with Gasteiger partial charge in [-0.25, -0.2) is 15.0 Å². The molecule has 6 nitrogen and oxygen atoms in total. The summed E-state index contributed by atoms with van der Waals surface area (Å²) < 4.78 is 4.65. The first-order valence-corrected chi connectivity index (χ1v) is 17.2. The van der Waals surface area contributed by atoms with Crippen molar-refractivity contribution in [3.63, 3.8) is 0 Å². The van der Waals surface area contributed by atoms with E-state index < -0.39 is 0 Å². The van der Waals surface area contributed by atoms with E-state index in [-0.39, 0.29) is 0 Å². The highest BCUT2D eigenvalue weighted by molar-refractivity contribution is 6.19. The summed E-state index contributed by atoms with van der Waals surface area (Å²) in [6, 6.07) is 60.4. The molecule has 0 aliphatic rings. The molecule has 3 aromatic heterocycles. The summed E-state index contributed by atoms with van der Waals surface area (Å²) in [6.45, 7) is 0. The molecule has 52 heavy (non-hydrogen) atoms. The summed E-state index contributed by atoms with van der Waals surface area (Å²) >= 11 is 0. The standard InChI is InChI=1S/C46H28N6/c47-29-30-22-24-34(25-23-30)51-40-20-9-7-18-36(40)38-28-43-39(27-42(38)51)37-19-8-10-21-41(37)52(43)35-17-11-16-33(26-35)46-49-44(31-12-3-1-4-13-31)48-45(50-46)32-14-5-2-6-15-32/h1-28H. The molecule has 3 heterocycles. The zero-order valence-electron chi connectivity index (χ0n) is 27.8. The number of para-hydroxylation sites is 2. The quantitative estimate of drug-likeness (QED) is 0.184. The van der Waals surface area contributed by atoms with E-state index in [9.17, 15) is 5.26 Å². The van der Waals surface area contributed by atoms with E-state index in [0.29, 0.717) is 23.0 Å². The predicted octanol–water partition coefficient (Wildman–Crippen LogP) is 10.9. The summed E-state index contributed by atoms with van der Waals surface area (Å²) in [6.07, 6.45) is 0. The van der Waals surface area contributed by atoms with Gasteiger partial charge >= 0.3 is 0 Å². The van der Waals surface area contributed by atoms with Crippen LogP contribution in [-0.2, 0) is 0 Å². The van der Waals surface area contributed by atoms with Crippen molar-refractivity contribution in [3.8, 4) is 51.6 Å². The van der Waals surface area contributed by atoms with Crippen LogP contribution in [0.5, 0.6) is 0 Å². The number of fused-ring (bicyclic) bond motifs is 6. The van der Waals surface area contributed by atoms with E-state index in [0.717, 1.165) is 60.9 Å². The van der Waals surface area contributed by atoms with E-state index in [4.69, 9.17) is 15.0 Å². The normalized spacial score (nSPS) is 11.4. The Labute approximate surface area is 299 Å². The van der Waals surface area contributed by atoms with E-state index in [1.54, 1.807) is 0 Å². The van der Waals surface area contributed by atoms with Crippen molar-refractivity contribution in [3.05, 3.63) is 175 Å². The van der Waals surface area contributed by atoms with E-state index in [2.05, 4.69) is 100 Å². The summed E-state index contributed by atoms with van der Waals surface area (Å²) in [7, 11) is 0. The Balaban J connectivity index is 1.20. The van der Waals surface area contributed by atoms with E-state index in [1.807, 2.05) is 84.9 Å². The van der Waals surface area contributed by atoms with Gasteiger partial charge in [-0.15, -0.1) is 0 Å². The van der Waals surface area contributed by atoms with Crippen LogP contribution in [0.2, 0.25) is 0 Å². The zero-order chi connectivity index (χ0) is 34.6. The van der Waals surface area contributed by atoms with Crippen molar-refractivity contribution in [2.75, 3.05) is 0 Å². The second-order valence-electron chi connectivity index (χ2n) is 12.8. The average molecular weight is 665 g/mol. The molecule has 0 bridgehead atoms. The van der Waals surface area contributed by atoms with Crippen LogP contribution in [0.1, 0.15) is 5.56 Å². The third-order valence-electron chi connectivity index (χ3n) is 9.78. The highest BCUT2D eigenvalue weighted by Crippen LogP contribution is 2.40. The summed E-state index contributed by atoms with van der Waals surface area (Å²) in [4.78, 5) is 14.9. The van der Waals surface area contributed by atoms with Gasteiger partial charge in [0, 0.05) is 49.6 Å². The maximum Gasteiger partial charge on any atom is 0.164 e. The highest BCUT2D eigenvalue weighted by atomic mass is 15.0. The lowest BCUT2D eigenvalue weighted by Gasteiger charge is -2.12. The molecule has 0 unspecified atom stereocenters. The fraction of sp³-hybridized carbons (Fsp3) is 0.